The molecule has 6 atom stereocenters. The summed E-state index contributed by atoms with van der Waals surface area (Å²) in [5.41, 5.74) is -0.195. The SMILES string of the molecule is C=CCNCCC1C2Oc3cc(ccc3O)CCC1(O)CCC2N1C(=O)C(C=C)C(C(=C)F)C1=O.CC. The lowest BCUT2D eigenvalue weighted by molar-refractivity contribution is -0.159. The highest BCUT2D eigenvalue weighted by Crippen LogP contribution is 2.47. The third-order valence-electron chi connectivity index (χ3n) is 7.70. The molecule has 3 aliphatic rings. The van der Waals surface area contributed by atoms with E-state index in [2.05, 4.69) is 25.1 Å². The van der Waals surface area contributed by atoms with Crippen LogP contribution in [-0.2, 0) is 16.0 Å². The molecule has 2 fully saturated rings. The first-order valence-electron chi connectivity index (χ1n) is 13.1. The molecule has 4 rings (SSSR count). The minimum Gasteiger partial charge on any atom is -0.504 e. The predicted octanol–water partition coefficient (Wildman–Crippen LogP) is 4.06. The second-order valence-corrected chi connectivity index (χ2v) is 9.71. The molecule has 7 nitrogen and oxygen atoms in total. The lowest BCUT2D eigenvalue weighted by Gasteiger charge is -2.49. The van der Waals surface area contributed by atoms with Crippen LogP contribution in [0.25, 0.3) is 0 Å². The maximum atomic E-state index is 14.2. The standard InChI is InChI=1S/C27H33FN2O5.C2H6/c1-4-13-29-14-10-19-24-20(30-25(32)18(5-2)23(16(3)28)26(30)33)9-12-27(19,34)11-8-17-6-7-21(31)22(15-17)35-24;1-2/h4-7,15,18-20,23-24,29,31,34H,1-3,8-14H2;1-2H3. The molecular weight excluding hydrogens is 475 g/mol. The number of hydrogen-bond donors (Lipinski definition) is 3. The monoisotopic (exact) mass is 514 g/mol. The van der Waals surface area contributed by atoms with Gasteiger partial charge in [-0.3, -0.25) is 14.5 Å². The minimum atomic E-state index is -1.32. The molecule has 1 aliphatic carbocycles. The van der Waals surface area contributed by atoms with Crippen LogP contribution in [0.3, 0.4) is 0 Å². The van der Waals surface area contributed by atoms with Crippen LogP contribution in [0, 0.1) is 17.8 Å². The van der Waals surface area contributed by atoms with Gasteiger partial charge in [0.15, 0.2) is 11.5 Å². The van der Waals surface area contributed by atoms with Gasteiger partial charge >= 0.3 is 0 Å². The molecule has 8 heteroatoms. The van der Waals surface area contributed by atoms with Crippen LogP contribution in [0.5, 0.6) is 11.5 Å². The Balaban J connectivity index is 0.00000186. The fraction of sp³-hybridized carbons (Fsp3) is 0.517. The summed E-state index contributed by atoms with van der Waals surface area (Å²) in [5, 5.41) is 25.6. The van der Waals surface area contributed by atoms with Crippen molar-refractivity contribution in [3.8, 4) is 11.5 Å². The lowest BCUT2D eigenvalue weighted by atomic mass is 9.67. The second kappa shape index (κ2) is 12.0. The molecule has 0 aromatic heterocycles. The summed E-state index contributed by atoms with van der Waals surface area (Å²) < 4.78 is 20.6. The van der Waals surface area contributed by atoms with Crippen molar-refractivity contribution in [1.29, 1.82) is 0 Å². The van der Waals surface area contributed by atoms with Gasteiger partial charge in [-0.25, -0.2) is 4.39 Å². The minimum absolute atomic E-state index is 0.0647. The van der Waals surface area contributed by atoms with Gasteiger partial charge in [-0.05, 0) is 56.3 Å². The van der Waals surface area contributed by atoms with Crippen LogP contribution < -0.4 is 10.1 Å². The number of nitrogens with one attached hydrogen (secondary N) is 1. The third kappa shape index (κ3) is 5.50. The van der Waals surface area contributed by atoms with E-state index in [0.717, 1.165) is 10.5 Å². The highest BCUT2D eigenvalue weighted by Gasteiger charge is 2.57. The zero-order chi connectivity index (χ0) is 27.3. The molecule has 4 bridgehead atoms. The van der Waals surface area contributed by atoms with E-state index in [1.165, 1.54) is 6.08 Å². The molecule has 0 radical (unpaired) electrons. The topological polar surface area (TPSA) is 99.1 Å². The van der Waals surface area contributed by atoms with Gasteiger partial charge < -0.3 is 20.3 Å². The van der Waals surface area contributed by atoms with E-state index >= 15 is 0 Å². The van der Waals surface area contributed by atoms with Crippen LogP contribution in [0.2, 0.25) is 0 Å². The molecule has 2 heterocycles. The molecule has 37 heavy (non-hydrogen) atoms. The number of amides is 2. The van der Waals surface area contributed by atoms with E-state index in [4.69, 9.17) is 4.74 Å². The number of rotatable bonds is 8. The Morgan fingerprint density at radius 3 is 2.62 bits per heavy atom. The first kappa shape index (κ1) is 28.6. The van der Waals surface area contributed by atoms with Gasteiger partial charge in [-0.15, -0.1) is 13.2 Å². The lowest BCUT2D eigenvalue weighted by Crippen LogP contribution is -2.62. The third-order valence-corrected chi connectivity index (χ3v) is 7.70. The van der Waals surface area contributed by atoms with Gasteiger partial charge in [-0.1, -0.05) is 38.6 Å². The molecule has 3 N–H and O–H groups in total. The number of ether oxygens (including phenoxy) is 1. The molecule has 2 amide bonds. The van der Waals surface area contributed by atoms with Gasteiger partial charge in [0, 0.05) is 12.5 Å². The van der Waals surface area contributed by atoms with Crippen molar-refractivity contribution in [1.82, 2.24) is 10.2 Å². The Kier molecular flexibility index (Phi) is 9.31. The highest BCUT2D eigenvalue weighted by atomic mass is 19.1. The summed E-state index contributed by atoms with van der Waals surface area (Å²) in [5.74, 6) is -4.74. The van der Waals surface area contributed by atoms with Gasteiger partial charge in [0.25, 0.3) is 0 Å². The van der Waals surface area contributed by atoms with Crippen LogP contribution in [0.15, 0.2) is 55.9 Å². The average molecular weight is 515 g/mol. The highest BCUT2D eigenvalue weighted by molar-refractivity contribution is 6.07. The van der Waals surface area contributed by atoms with E-state index in [1.807, 2.05) is 13.8 Å². The maximum absolute atomic E-state index is 14.2. The molecule has 1 saturated heterocycles. The number of likely N-dealkylation sites (tertiary alicyclic amines) is 1. The number of nitrogens with zero attached hydrogens (tertiary/aromatic N) is 1. The van der Waals surface area contributed by atoms with Crippen molar-refractivity contribution in [2.75, 3.05) is 13.1 Å². The number of carbonyl (C=O) groups excluding carboxylic acids is 2. The van der Waals surface area contributed by atoms with Gasteiger partial charge in [0.05, 0.1) is 17.6 Å². The quantitative estimate of drug-likeness (QED) is 0.275. The smallest absolute Gasteiger partial charge is 0.240 e. The summed E-state index contributed by atoms with van der Waals surface area (Å²) in [6, 6.07) is 4.32. The largest absolute Gasteiger partial charge is 0.504 e. The van der Waals surface area contributed by atoms with E-state index in [1.54, 1.807) is 24.3 Å². The van der Waals surface area contributed by atoms with Crippen molar-refractivity contribution in [2.24, 2.45) is 17.8 Å². The Morgan fingerprint density at radius 1 is 1.27 bits per heavy atom. The van der Waals surface area contributed by atoms with Crippen molar-refractivity contribution < 1.29 is 28.9 Å². The normalized spacial score (nSPS) is 30.7. The van der Waals surface area contributed by atoms with Crippen LogP contribution >= 0.6 is 0 Å². The fourth-order valence-corrected chi connectivity index (χ4v) is 5.89. The zero-order valence-corrected chi connectivity index (χ0v) is 21.8. The Labute approximate surface area is 218 Å². The second-order valence-electron chi connectivity index (χ2n) is 9.71. The number of aliphatic hydroxyl groups is 1. The van der Waals surface area contributed by atoms with Crippen LogP contribution in [0.4, 0.5) is 4.39 Å². The van der Waals surface area contributed by atoms with E-state index < -0.39 is 53.1 Å². The number of benzene rings is 1. The number of aryl methyl sites for hydroxylation is 1. The number of phenols is 1. The van der Waals surface area contributed by atoms with Gasteiger partial charge in [0.2, 0.25) is 11.8 Å². The van der Waals surface area contributed by atoms with E-state index in [0.29, 0.717) is 45.2 Å². The number of imide groups is 1. The number of halogens is 1. The van der Waals surface area contributed by atoms with Gasteiger partial charge in [-0.2, -0.15) is 0 Å². The molecule has 1 saturated carbocycles. The summed E-state index contributed by atoms with van der Waals surface area (Å²) in [6.07, 6.45) is 4.42. The van der Waals surface area contributed by atoms with Gasteiger partial charge in [0.1, 0.15) is 17.8 Å². The Bertz CT molecular complexity index is 1040. The number of carbonyl (C=O) groups is 2. The molecule has 0 spiro atoms. The number of hydrogen-bond acceptors (Lipinski definition) is 6. The van der Waals surface area contributed by atoms with Crippen LogP contribution in [-0.4, -0.2) is 57.8 Å². The summed E-state index contributed by atoms with van der Waals surface area (Å²) >= 11 is 0. The Morgan fingerprint density at radius 2 is 2.00 bits per heavy atom. The van der Waals surface area contributed by atoms with Crippen LogP contribution in [0.1, 0.15) is 45.1 Å². The van der Waals surface area contributed by atoms with Crippen molar-refractivity contribution in [3.63, 3.8) is 0 Å². The molecule has 6 unspecified atom stereocenters. The maximum Gasteiger partial charge on any atom is 0.240 e. The molecular formula is C29H39FN2O5. The van der Waals surface area contributed by atoms with E-state index in [9.17, 15) is 24.2 Å². The first-order valence-corrected chi connectivity index (χ1v) is 13.1. The summed E-state index contributed by atoms with van der Waals surface area (Å²) in [7, 11) is 0. The fourth-order valence-electron chi connectivity index (χ4n) is 5.89. The van der Waals surface area contributed by atoms with Crippen molar-refractivity contribution >= 4 is 11.8 Å². The Hall–Kier alpha value is -2.97. The molecule has 1 aromatic rings. The number of aromatic hydroxyl groups is 1. The predicted molar refractivity (Wildman–Crippen MR) is 141 cm³/mol. The molecule has 1 aromatic carbocycles. The first-order chi connectivity index (χ1) is 17.7. The number of phenolic OH excluding ortho intramolecular Hbond substituents is 1. The molecule has 2 aliphatic heterocycles. The summed E-state index contributed by atoms with van der Waals surface area (Å²) in [6.45, 7) is 15.8. The summed E-state index contributed by atoms with van der Waals surface area (Å²) in [4.78, 5) is 27.7. The number of fused-ring (bicyclic) bond motifs is 4. The van der Waals surface area contributed by atoms with Crippen molar-refractivity contribution in [3.05, 3.63) is 61.5 Å². The average Bonchev–Trinajstić information content (AvgIpc) is 3.15. The van der Waals surface area contributed by atoms with E-state index in [-0.39, 0.29) is 11.5 Å². The molecule has 202 valence electrons. The zero-order valence-electron chi connectivity index (χ0n) is 21.8. The van der Waals surface area contributed by atoms with Crippen molar-refractivity contribution in [2.45, 2.75) is 63.7 Å².